The molecule has 19 heavy (non-hydrogen) atoms. The van der Waals surface area contributed by atoms with Crippen LogP contribution in [-0.4, -0.2) is 26.0 Å². The molecule has 1 saturated heterocycles. The number of fused-ring (bicyclic) bond motifs is 1. The Labute approximate surface area is 113 Å². The molecule has 1 unspecified atom stereocenters. The predicted molar refractivity (Wildman–Crippen MR) is 79.2 cm³/mol. The molecule has 0 radical (unpaired) electrons. The van der Waals surface area contributed by atoms with Gasteiger partial charge in [0.1, 0.15) is 0 Å². The van der Waals surface area contributed by atoms with Crippen LogP contribution in [-0.2, 0) is 9.84 Å². The Morgan fingerprint density at radius 3 is 2.63 bits per heavy atom. The van der Waals surface area contributed by atoms with E-state index >= 15 is 0 Å². The fourth-order valence-corrected chi connectivity index (χ4v) is 4.29. The molecule has 4 heteroatoms. The average Bonchev–Trinajstić information content (AvgIpc) is 2.37. The first kappa shape index (κ1) is 12.5. The van der Waals surface area contributed by atoms with Gasteiger partial charge in [-0.15, -0.1) is 0 Å². The highest BCUT2D eigenvalue weighted by Crippen LogP contribution is 2.22. The SMILES string of the molecule is O=S1(=O)CCCC(Nc2ccc3ccccc3c2)C1. The highest BCUT2D eigenvalue weighted by molar-refractivity contribution is 7.91. The fourth-order valence-electron chi connectivity index (χ4n) is 2.65. The molecule has 2 aromatic carbocycles. The van der Waals surface area contributed by atoms with Gasteiger partial charge in [-0.25, -0.2) is 8.42 Å². The van der Waals surface area contributed by atoms with Gasteiger partial charge in [0.25, 0.3) is 0 Å². The Kier molecular flexibility index (Phi) is 3.19. The Balaban J connectivity index is 1.81. The third kappa shape index (κ3) is 2.89. The van der Waals surface area contributed by atoms with Gasteiger partial charge in [0.05, 0.1) is 11.5 Å². The summed E-state index contributed by atoms with van der Waals surface area (Å²) in [5.41, 5.74) is 1.00. The van der Waals surface area contributed by atoms with Crippen molar-refractivity contribution in [2.75, 3.05) is 16.8 Å². The Morgan fingerprint density at radius 1 is 1.05 bits per heavy atom. The molecule has 3 nitrogen and oxygen atoms in total. The van der Waals surface area contributed by atoms with Crippen LogP contribution in [0.25, 0.3) is 10.8 Å². The second kappa shape index (κ2) is 4.85. The standard InChI is InChI=1S/C15H17NO2S/c17-19(18)9-3-6-15(11-19)16-14-8-7-12-4-1-2-5-13(12)10-14/h1-2,4-5,7-8,10,15-16H,3,6,9,11H2. The van der Waals surface area contributed by atoms with E-state index in [0.29, 0.717) is 5.75 Å². The number of sulfone groups is 1. The van der Waals surface area contributed by atoms with Crippen LogP contribution in [0.15, 0.2) is 42.5 Å². The molecule has 1 aliphatic heterocycles. The van der Waals surface area contributed by atoms with E-state index in [9.17, 15) is 8.42 Å². The van der Waals surface area contributed by atoms with Gasteiger partial charge in [0.2, 0.25) is 0 Å². The van der Waals surface area contributed by atoms with Crippen molar-refractivity contribution in [3.05, 3.63) is 42.5 Å². The topological polar surface area (TPSA) is 46.2 Å². The first-order valence-electron chi connectivity index (χ1n) is 6.58. The minimum atomic E-state index is -2.86. The number of hydrogen-bond acceptors (Lipinski definition) is 3. The van der Waals surface area contributed by atoms with Gasteiger partial charge >= 0.3 is 0 Å². The summed E-state index contributed by atoms with van der Waals surface area (Å²) in [4.78, 5) is 0. The van der Waals surface area contributed by atoms with E-state index < -0.39 is 9.84 Å². The van der Waals surface area contributed by atoms with Crippen LogP contribution < -0.4 is 5.32 Å². The van der Waals surface area contributed by atoms with Crippen molar-refractivity contribution < 1.29 is 8.42 Å². The summed E-state index contributed by atoms with van der Waals surface area (Å²) in [6, 6.07) is 14.4. The molecule has 1 atom stereocenters. The molecule has 1 aliphatic rings. The summed E-state index contributed by atoms with van der Waals surface area (Å²) in [5, 5.41) is 5.72. The van der Waals surface area contributed by atoms with Crippen LogP contribution in [0.2, 0.25) is 0 Å². The molecule has 0 saturated carbocycles. The van der Waals surface area contributed by atoms with Crippen molar-refractivity contribution in [2.45, 2.75) is 18.9 Å². The van der Waals surface area contributed by atoms with Gasteiger partial charge in [0, 0.05) is 11.7 Å². The van der Waals surface area contributed by atoms with E-state index in [4.69, 9.17) is 0 Å². The summed E-state index contributed by atoms with van der Waals surface area (Å²) >= 11 is 0. The number of nitrogens with one attached hydrogen (secondary N) is 1. The number of rotatable bonds is 2. The first-order chi connectivity index (χ1) is 9.12. The lowest BCUT2D eigenvalue weighted by molar-refractivity contribution is 0.562. The van der Waals surface area contributed by atoms with E-state index in [1.54, 1.807) is 0 Å². The van der Waals surface area contributed by atoms with Crippen molar-refractivity contribution in [3.63, 3.8) is 0 Å². The van der Waals surface area contributed by atoms with Crippen LogP contribution in [0.4, 0.5) is 5.69 Å². The fraction of sp³-hybridized carbons (Fsp3) is 0.333. The molecule has 0 bridgehead atoms. The van der Waals surface area contributed by atoms with E-state index in [-0.39, 0.29) is 11.8 Å². The summed E-state index contributed by atoms with van der Waals surface area (Å²) < 4.78 is 23.2. The maximum atomic E-state index is 11.6. The molecule has 3 rings (SSSR count). The van der Waals surface area contributed by atoms with Crippen molar-refractivity contribution in [1.82, 2.24) is 0 Å². The molecule has 0 aliphatic carbocycles. The minimum Gasteiger partial charge on any atom is -0.381 e. The summed E-state index contributed by atoms with van der Waals surface area (Å²) in [6.07, 6.45) is 1.68. The van der Waals surface area contributed by atoms with Crippen LogP contribution in [0.5, 0.6) is 0 Å². The zero-order chi connectivity index (χ0) is 13.3. The van der Waals surface area contributed by atoms with Gasteiger partial charge in [-0.3, -0.25) is 0 Å². The van der Waals surface area contributed by atoms with Crippen LogP contribution in [0, 0.1) is 0 Å². The molecule has 1 N–H and O–H groups in total. The average molecular weight is 275 g/mol. The monoisotopic (exact) mass is 275 g/mol. The largest absolute Gasteiger partial charge is 0.381 e. The smallest absolute Gasteiger partial charge is 0.152 e. The van der Waals surface area contributed by atoms with Gasteiger partial charge in [-0.05, 0) is 35.7 Å². The lowest BCUT2D eigenvalue weighted by atomic mass is 10.1. The van der Waals surface area contributed by atoms with Crippen molar-refractivity contribution >= 4 is 26.3 Å². The molecule has 0 aromatic heterocycles. The Bertz CT molecular complexity index is 694. The molecule has 1 fully saturated rings. The number of benzene rings is 2. The van der Waals surface area contributed by atoms with Gasteiger partial charge in [-0.2, -0.15) is 0 Å². The Morgan fingerprint density at radius 2 is 1.84 bits per heavy atom. The summed E-state index contributed by atoms with van der Waals surface area (Å²) in [7, 11) is -2.86. The second-order valence-electron chi connectivity index (χ2n) is 5.16. The third-order valence-corrected chi connectivity index (χ3v) is 5.40. The lowest BCUT2D eigenvalue weighted by Gasteiger charge is -2.24. The molecule has 0 amide bonds. The Hall–Kier alpha value is -1.55. The summed E-state index contributed by atoms with van der Waals surface area (Å²) in [5.74, 6) is 0.586. The quantitative estimate of drug-likeness (QED) is 0.916. The molecule has 1 heterocycles. The zero-order valence-corrected chi connectivity index (χ0v) is 11.5. The van der Waals surface area contributed by atoms with Gasteiger partial charge in [0.15, 0.2) is 9.84 Å². The van der Waals surface area contributed by atoms with Gasteiger partial charge in [-0.1, -0.05) is 30.3 Å². The highest BCUT2D eigenvalue weighted by atomic mass is 32.2. The molecular formula is C15H17NO2S. The third-order valence-electron chi connectivity index (χ3n) is 3.58. The maximum Gasteiger partial charge on any atom is 0.152 e. The highest BCUT2D eigenvalue weighted by Gasteiger charge is 2.24. The van der Waals surface area contributed by atoms with Crippen molar-refractivity contribution in [3.8, 4) is 0 Å². The van der Waals surface area contributed by atoms with Crippen LogP contribution in [0.1, 0.15) is 12.8 Å². The van der Waals surface area contributed by atoms with E-state index in [1.165, 1.54) is 10.8 Å². The zero-order valence-electron chi connectivity index (χ0n) is 10.7. The van der Waals surface area contributed by atoms with Gasteiger partial charge < -0.3 is 5.32 Å². The molecule has 2 aromatic rings. The molecule has 100 valence electrons. The number of hydrogen-bond donors (Lipinski definition) is 1. The van der Waals surface area contributed by atoms with Crippen LogP contribution >= 0.6 is 0 Å². The maximum absolute atomic E-state index is 11.6. The van der Waals surface area contributed by atoms with E-state index in [2.05, 4.69) is 29.6 Å². The second-order valence-corrected chi connectivity index (χ2v) is 7.39. The van der Waals surface area contributed by atoms with Crippen LogP contribution in [0.3, 0.4) is 0 Å². The van der Waals surface area contributed by atoms with E-state index in [1.807, 2.05) is 18.2 Å². The van der Waals surface area contributed by atoms with Crippen molar-refractivity contribution in [2.24, 2.45) is 0 Å². The summed E-state index contributed by atoms with van der Waals surface area (Å²) in [6.45, 7) is 0. The van der Waals surface area contributed by atoms with E-state index in [0.717, 1.165) is 18.5 Å². The van der Waals surface area contributed by atoms with Crippen molar-refractivity contribution in [1.29, 1.82) is 0 Å². The normalized spacial score (nSPS) is 22.2. The minimum absolute atomic E-state index is 0.0416. The first-order valence-corrected chi connectivity index (χ1v) is 8.40. The predicted octanol–water partition coefficient (Wildman–Crippen LogP) is 2.83. The molecular weight excluding hydrogens is 258 g/mol. The molecule has 0 spiro atoms. The lowest BCUT2D eigenvalue weighted by Crippen LogP contribution is -2.34. The number of anilines is 1.